The van der Waals surface area contributed by atoms with Crippen LogP contribution >= 0.6 is 0 Å². The van der Waals surface area contributed by atoms with Gasteiger partial charge in [-0.05, 0) is 25.5 Å². The van der Waals surface area contributed by atoms with Crippen molar-refractivity contribution in [3.63, 3.8) is 0 Å². The monoisotopic (exact) mass is 318 g/mol. The number of hydrogen-bond donors (Lipinski definition) is 0. The van der Waals surface area contributed by atoms with Crippen molar-refractivity contribution in [3.05, 3.63) is 35.4 Å². The van der Waals surface area contributed by atoms with Crippen molar-refractivity contribution >= 4 is 17.8 Å². The zero-order chi connectivity index (χ0) is 16.7. The average molecular weight is 318 g/mol. The topological polar surface area (TPSA) is 68.2 Å². The minimum absolute atomic E-state index is 0.0718. The van der Waals surface area contributed by atoms with Gasteiger partial charge < -0.3 is 9.47 Å². The van der Waals surface area contributed by atoms with Gasteiger partial charge in [-0.25, -0.2) is 5.01 Å². The first-order valence-corrected chi connectivity index (χ1v) is 7.84. The number of unbranched alkanes of at least 4 members (excludes halogenated alkanes) is 1. The number of rotatable bonds is 7. The number of benzene rings is 1. The summed E-state index contributed by atoms with van der Waals surface area (Å²) in [5.74, 6) is -0.180. The zero-order valence-corrected chi connectivity index (χ0v) is 13.6. The number of hydrazone groups is 1. The number of carbonyl (C=O) groups excluding carboxylic acids is 2. The van der Waals surface area contributed by atoms with Gasteiger partial charge in [0.05, 0.1) is 19.6 Å². The van der Waals surface area contributed by atoms with E-state index >= 15 is 0 Å². The Kier molecular flexibility index (Phi) is 6.14. The molecule has 6 nitrogen and oxygen atoms in total. The molecule has 0 unspecified atom stereocenters. The van der Waals surface area contributed by atoms with Crippen LogP contribution in [0.5, 0.6) is 0 Å². The molecule has 1 amide bonds. The summed E-state index contributed by atoms with van der Waals surface area (Å²) in [5, 5.41) is 5.49. The predicted molar refractivity (Wildman–Crippen MR) is 85.9 cm³/mol. The number of amides is 1. The van der Waals surface area contributed by atoms with Crippen LogP contribution in [0.15, 0.2) is 29.4 Å². The van der Waals surface area contributed by atoms with Crippen LogP contribution in [0.1, 0.15) is 37.3 Å². The summed E-state index contributed by atoms with van der Waals surface area (Å²) in [5.41, 5.74) is 1.89. The van der Waals surface area contributed by atoms with Crippen molar-refractivity contribution in [2.75, 3.05) is 19.8 Å². The summed E-state index contributed by atoms with van der Waals surface area (Å²) < 4.78 is 10.5. The fraction of sp³-hybridized carbons (Fsp3) is 0.471. The lowest BCUT2D eigenvalue weighted by molar-refractivity contribution is -0.145. The first-order chi connectivity index (χ1) is 11.1. The van der Waals surface area contributed by atoms with Crippen LogP contribution in [-0.4, -0.2) is 42.5 Å². The van der Waals surface area contributed by atoms with Crippen LogP contribution in [0.3, 0.4) is 0 Å². The van der Waals surface area contributed by atoms with E-state index in [9.17, 15) is 9.59 Å². The largest absolute Gasteiger partial charge is 0.466 e. The Labute approximate surface area is 136 Å². The summed E-state index contributed by atoms with van der Waals surface area (Å²) in [6, 6.07) is 7.69. The van der Waals surface area contributed by atoms with E-state index in [4.69, 9.17) is 9.47 Å². The van der Waals surface area contributed by atoms with Crippen molar-refractivity contribution in [1.82, 2.24) is 5.01 Å². The van der Waals surface area contributed by atoms with E-state index in [1.54, 1.807) is 0 Å². The molecule has 1 aromatic carbocycles. The van der Waals surface area contributed by atoms with E-state index in [1.807, 2.05) is 38.1 Å². The first-order valence-electron chi connectivity index (χ1n) is 7.84. The van der Waals surface area contributed by atoms with Gasteiger partial charge in [-0.3, -0.25) is 9.59 Å². The van der Waals surface area contributed by atoms with Gasteiger partial charge in [-0.2, -0.15) is 0 Å². The molecule has 124 valence electrons. The average Bonchev–Trinajstić information content (AvgIpc) is 2.54. The molecule has 0 spiro atoms. The summed E-state index contributed by atoms with van der Waals surface area (Å²) in [7, 11) is 0. The maximum absolute atomic E-state index is 11.9. The molecule has 0 saturated carbocycles. The summed E-state index contributed by atoms with van der Waals surface area (Å²) in [6.45, 7) is 4.55. The highest BCUT2D eigenvalue weighted by Crippen LogP contribution is 2.12. The molecule has 1 aliphatic heterocycles. The molecule has 1 heterocycles. The Morgan fingerprint density at radius 2 is 2.26 bits per heavy atom. The van der Waals surface area contributed by atoms with Gasteiger partial charge in [-0.15, -0.1) is 5.10 Å². The van der Waals surface area contributed by atoms with E-state index in [-0.39, 0.29) is 31.4 Å². The number of ether oxygens (including phenoxy) is 2. The molecule has 23 heavy (non-hydrogen) atoms. The highest BCUT2D eigenvalue weighted by atomic mass is 16.5. The van der Waals surface area contributed by atoms with Crippen molar-refractivity contribution in [3.8, 4) is 0 Å². The van der Waals surface area contributed by atoms with Crippen LogP contribution < -0.4 is 0 Å². The number of esters is 1. The molecule has 2 rings (SSSR count). The second kappa shape index (κ2) is 8.31. The van der Waals surface area contributed by atoms with Gasteiger partial charge in [0.1, 0.15) is 0 Å². The maximum atomic E-state index is 11.9. The van der Waals surface area contributed by atoms with Gasteiger partial charge in [0.25, 0.3) is 5.91 Å². The minimum Gasteiger partial charge on any atom is -0.466 e. The van der Waals surface area contributed by atoms with E-state index in [2.05, 4.69) is 5.10 Å². The lowest BCUT2D eigenvalue weighted by Gasteiger charge is -2.23. The molecule has 0 aliphatic carbocycles. The summed E-state index contributed by atoms with van der Waals surface area (Å²) in [6.07, 6.45) is 1.94. The van der Waals surface area contributed by atoms with Crippen molar-refractivity contribution in [2.45, 2.75) is 33.1 Å². The molecular weight excluding hydrogens is 296 g/mol. The van der Waals surface area contributed by atoms with E-state index < -0.39 is 0 Å². The zero-order valence-electron chi connectivity index (χ0n) is 13.6. The van der Waals surface area contributed by atoms with Gasteiger partial charge in [-0.1, -0.05) is 31.0 Å². The van der Waals surface area contributed by atoms with E-state index in [0.717, 1.165) is 24.0 Å². The first kappa shape index (κ1) is 17.0. The second-order valence-electron chi connectivity index (χ2n) is 5.40. The number of carbonyl (C=O) groups is 2. The Balaban J connectivity index is 1.96. The molecule has 0 bridgehead atoms. The molecular formula is C17H22N2O4. The Morgan fingerprint density at radius 1 is 1.43 bits per heavy atom. The van der Waals surface area contributed by atoms with Crippen molar-refractivity contribution in [1.29, 1.82) is 0 Å². The fourth-order valence-corrected chi connectivity index (χ4v) is 2.09. The van der Waals surface area contributed by atoms with Gasteiger partial charge >= 0.3 is 5.97 Å². The van der Waals surface area contributed by atoms with E-state index in [0.29, 0.717) is 12.5 Å². The SMILES string of the molecule is CCCCOC(=O)CCN1N=C(c2cccc(C)c2)OCC1=O. The van der Waals surface area contributed by atoms with Crippen molar-refractivity contribution in [2.24, 2.45) is 5.10 Å². The van der Waals surface area contributed by atoms with Crippen LogP contribution in [0.4, 0.5) is 0 Å². The van der Waals surface area contributed by atoms with Gasteiger partial charge in [0.15, 0.2) is 6.61 Å². The Hall–Kier alpha value is -2.37. The van der Waals surface area contributed by atoms with Gasteiger partial charge in [0.2, 0.25) is 5.90 Å². The van der Waals surface area contributed by atoms with Crippen LogP contribution in [0, 0.1) is 6.92 Å². The molecule has 0 atom stereocenters. The lowest BCUT2D eigenvalue weighted by atomic mass is 10.1. The standard InChI is InChI=1S/C17H22N2O4/c1-3-4-10-22-16(21)8-9-19-15(20)12-23-17(18-19)14-7-5-6-13(2)11-14/h5-7,11H,3-4,8-10,12H2,1-2H3. The van der Waals surface area contributed by atoms with E-state index in [1.165, 1.54) is 5.01 Å². The third kappa shape index (κ3) is 5.09. The molecule has 1 aliphatic rings. The Bertz CT molecular complexity index is 598. The number of aryl methyl sites for hydroxylation is 1. The quantitative estimate of drug-likeness (QED) is 0.571. The maximum Gasteiger partial charge on any atom is 0.307 e. The third-order valence-electron chi connectivity index (χ3n) is 3.39. The summed E-state index contributed by atoms with van der Waals surface area (Å²) >= 11 is 0. The molecule has 0 aromatic heterocycles. The fourth-order valence-electron chi connectivity index (χ4n) is 2.09. The molecule has 0 fully saturated rings. The molecule has 6 heteroatoms. The second-order valence-corrected chi connectivity index (χ2v) is 5.40. The lowest BCUT2D eigenvalue weighted by Crippen LogP contribution is -2.38. The third-order valence-corrected chi connectivity index (χ3v) is 3.39. The molecule has 1 aromatic rings. The molecule has 0 saturated heterocycles. The highest BCUT2D eigenvalue weighted by Gasteiger charge is 2.23. The van der Waals surface area contributed by atoms with Gasteiger partial charge in [0, 0.05) is 5.56 Å². The predicted octanol–water partition coefficient (Wildman–Crippen LogP) is 2.25. The summed E-state index contributed by atoms with van der Waals surface area (Å²) in [4.78, 5) is 23.5. The molecule has 0 radical (unpaired) electrons. The smallest absolute Gasteiger partial charge is 0.307 e. The minimum atomic E-state index is -0.315. The van der Waals surface area contributed by atoms with Crippen molar-refractivity contribution < 1.29 is 19.1 Å². The number of nitrogens with zero attached hydrogens (tertiary/aromatic N) is 2. The number of hydrogen-bond acceptors (Lipinski definition) is 5. The van der Waals surface area contributed by atoms with Crippen LogP contribution in [0.2, 0.25) is 0 Å². The normalized spacial score (nSPS) is 14.3. The highest BCUT2D eigenvalue weighted by molar-refractivity contribution is 5.98. The molecule has 0 N–H and O–H groups in total. The Morgan fingerprint density at radius 3 is 3.00 bits per heavy atom. The van der Waals surface area contributed by atoms with Crippen LogP contribution in [-0.2, 0) is 19.1 Å². The van der Waals surface area contributed by atoms with Crippen LogP contribution in [0.25, 0.3) is 0 Å².